The molecule has 0 atom stereocenters. The fourth-order valence-corrected chi connectivity index (χ4v) is 3.65. The lowest BCUT2D eigenvalue weighted by molar-refractivity contribution is -0.147. The van der Waals surface area contributed by atoms with Crippen molar-refractivity contribution >= 4 is 28.5 Å². The number of H-pyrrole nitrogens is 1. The highest BCUT2D eigenvalue weighted by molar-refractivity contribution is 5.97. The second-order valence-corrected chi connectivity index (χ2v) is 6.80. The minimum Gasteiger partial charge on any atom is -0.456 e. The molecule has 0 bridgehead atoms. The molecule has 0 saturated carbocycles. The molecule has 1 aromatic heterocycles. The maximum absolute atomic E-state index is 12.4. The zero-order valence-electron chi connectivity index (χ0n) is 15.1. The van der Waals surface area contributed by atoms with Gasteiger partial charge < -0.3 is 14.6 Å². The number of para-hydroxylation sites is 2. The van der Waals surface area contributed by atoms with E-state index in [0.717, 1.165) is 29.6 Å². The first kappa shape index (κ1) is 17.3. The van der Waals surface area contributed by atoms with Gasteiger partial charge in [0, 0.05) is 35.8 Å². The van der Waals surface area contributed by atoms with Crippen LogP contribution in [0.1, 0.15) is 24.0 Å². The van der Waals surface area contributed by atoms with Crippen LogP contribution >= 0.6 is 0 Å². The van der Waals surface area contributed by atoms with Gasteiger partial charge in [-0.25, -0.2) is 0 Å². The van der Waals surface area contributed by atoms with Gasteiger partial charge >= 0.3 is 5.97 Å². The second kappa shape index (κ2) is 7.66. The summed E-state index contributed by atoms with van der Waals surface area (Å²) in [7, 11) is 0. The average Bonchev–Trinajstić information content (AvgIpc) is 3.31. The molecule has 1 aliphatic rings. The van der Waals surface area contributed by atoms with Crippen molar-refractivity contribution in [3.63, 3.8) is 0 Å². The number of carbonyl (C=O) groups excluding carboxylic acids is 2. The molecule has 27 heavy (non-hydrogen) atoms. The van der Waals surface area contributed by atoms with Gasteiger partial charge in [0.05, 0.1) is 0 Å². The average molecular weight is 362 g/mol. The molecule has 0 saturated heterocycles. The molecule has 4 rings (SSSR count). The van der Waals surface area contributed by atoms with Crippen LogP contribution in [0.4, 0.5) is 5.69 Å². The molecule has 138 valence electrons. The van der Waals surface area contributed by atoms with Crippen molar-refractivity contribution in [2.75, 3.05) is 18.1 Å². The van der Waals surface area contributed by atoms with Crippen LogP contribution in [0, 0.1) is 0 Å². The monoisotopic (exact) mass is 362 g/mol. The van der Waals surface area contributed by atoms with E-state index in [9.17, 15) is 9.59 Å². The number of ether oxygens (including phenoxy) is 1. The van der Waals surface area contributed by atoms with Gasteiger partial charge in [0.15, 0.2) is 6.61 Å². The van der Waals surface area contributed by atoms with E-state index >= 15 is 0 Å². The van der Waals surface area contributed by atoms with E-state index in [0.29, 0.717) is 19.4 Å². The Hall–Kier alpha value is -3.08. The van der Waals surface area contributed by atoms with Crippen molar-refractivity contribution in [1.82, 2.24) is 4.98 Å². The molecule has 1 amide bonds. The van der Waals surface area contributed by atoms with Crippen LogP contribution in [0.25, 0.3) is 10.9 Å². The summed E-state index contributed by atoms with van der Waals surface area (Å²) in [5.41, 5.74) is 4.39. The molecule has 0 aliphatic carbocycles. The third-order valence-electron chi connectivity index (χ3n) is 5.05. The highest BCUT2D eigenvalue weighted by Gasteiger charge is 2.24. The predicted octanol–water partition coefficient (Wildman–Crippen LogP) is 3.62. The second-order valence-electron chi connectivity index (χ2n) is 6.80. The Kier molecular flexibility index (Phi) is 4.92. The van der Waals surface area contributed by atoms with Gasteiger partial charge in [-0.3, -0.25) is 9.59 Å². The molecule has 0 unspecified atom stereocenters. The van der Waals surface area contributed by atoms with Crippen molar-refractivity contribution in [2.45, 2.75) is 25.7 Å². The zero-order valence-corrected chi connectivity index (χ0v) is 15.1. The smallest absolute Gasteiger partial charge is 0.306 e. The van der Waals surface area contributed by atoms with E-state index in [-0.39, 0.29) is 18.5 Å². The zero-order chi connectivity index (χ0) is 18.6. The molecule has 1 aliphatic heterocycles. The maximum Gasteiger partial charge on any atom is 0.306 e. The fraction of sp³-hybridized carbons (Fsp3) is 0.273. The van der Waals surface area contributed by atoms with Crippen LogP contribution in [-0.4, -0.2) is 30.0 Å². The van der Waals surface area contributed by atoms with Crippen LogP contribution in [0.5, 0.6) is 0 Å². The Bertz CT molecular complexity index is 976. The number of benzene rings is 2. The van der Waals surface area contributed by atoms with Crippen LogP contribution < -0.4 is 4.90 Å². The third kappa shape index (κ3) is 3.72. The minimum atomic E-state index is -0.323. The van der Waals surface area contributed by atoms with Crippen molar-refractivity contribution in [2.24, 2.45) is 0 Å². The highest BCUT2D eigenvalue weighted by Crippen LogP contribution is 2.27. The Labute approximate surface area is 157 Å². The Morgan fingerprint density at radius 3 is 2.81 bits per heavy atom. The lowest BCUT2D eigenvalue weighted by Crippen LogP contribution is -2.33. The number of rotatable bonds is 6. The summed E-state index contributed by atoms with van der Waals surface area (Å²) in [4.78, 5) is 29.3. The molecule has 5 nitrogen and oxygen atoms in total. The molecule has 3 aromatic rings. The van der Waals surface area contributed by atoms with Gasteiger partial charge in [0.1, 0.15) is 0 Å². The maximum atomic E-state index is 12.4. The summed E-state index contributed by atoms with van der Waals surface area (Å²) in [6, 6.07) is 16.0. The third-order valence-corrected chi connectivity index (χ3v) is 5.05. The van der Waals surface area contributed by atoms with Crippen LogP contribution in [0.3, 0.4) is 0 Å². The van der Waals surface area contributed by atoms with Gasteiger partial charge in [-0.15, -0.1) is 0 Å². The summed E-state index contributed by atoms with van der Waals surface area (Å²) in [6.07, 6.45) is 4.64. The number of carbonyl (C=O) groups is 2. The lowest BCUT2D eigenvalue weighted by atomic mass is 10.1. The van der Waals surface area contributed by atoms with Crippen molar-refractivity contribution in [1.29, 1.82) is 0 Å². The van der Waals surface area contributed by atoms with Gasteiger partial charge in [0.2, 0.25) is 0 Å². The van der Waals surface area contributed by atoms with E-state index in [4.69, 9.17) is 4.74 Å². The number of hydrogen-bond acceptors (Lipinski definition) is 3. The standard InChI is InChI=1S/C22H22N2O3/c25-21(24-13-12-16-6-1-4-10-20(16)24)15-27-22(26)11-5-7-17-14-23-19-9-3-2-8-18(17)19/h1-4,6,8-10,14,23H,5,7,11-13,15H2. The highest BCUT2D eigenvalue weighted by atomic mass is 16.5. The molecule has 0 spiro atoms. The summed E-state index contributed by atoms with van der Waals surface area (Å²) in [5.74, 6) is -0.486. The number of amides is 1. The summed E-state index contributed by atoms with van der Waals surface area (Å²) < 4.78 is 5.20. The lowest BCUT2D eigenvalue weighted by Gasteiger charge is -2.17. The van der Waals surface area contributed by atoms with Crippen molar-refractivity contribution in [3.05, 3.63) is 65.9 Å². The number of esters is 1. The number of aryl methyl sites for hydroxylation is 1. The van der Waals surface area contributed by atoms with Gasteiger partial charge in [-0.1, -0.05) is 36.4 Å². The molecular weight excluding hydrogens is 340 g/mol. The van der Waals surface area contributed by atoms with E-state index < -0.39 is 0 Å². The SMILES string of the molecule is O=C(CCCc1c[nH]c2ccccc12)OCC(=O)N1CCc2ccccc21. The molecule has 2 aromatic carbocycles. The number of hydrogen-bond donors (Lipinski definition) is 1. The van der Waals surface area contributed by atoms with Crippen molar-refractivity contribution < 1.29 is 14.3 Å². The quantitative estimate of drug-likeness (QED) is 0.681. The first-order valence-corrected chi connectivity index (χ1v) is 9.31. The Morgan fingerprint density at radius 2 is 1.89 bits per heavy atom. The van der Waals surface area contributed by atoms with Gasteiger partial charge in [-0.2, -0.15) is 0 Å². The first-order valence-electron chi connectivity index (χ1n) is 9.31. The van der Waals surface area contributed by atoms with Crippen molar-refractivity contribution in [3.8, 4) is 0 Å². The van der Waals surface area contributed by atoms with E-state index in [2.05, 4.69) is 11.1 Å². The van der Waals surface area contributed by atoms with E-state index in [1.165, 1.54) is 10.9 Å². The molecule has 5 heteroatoms. The summed E-state index contributed by atoms with van der Waals surface area (Å²) in [6.45, 7) is 0.455. The number of fused-ring (bicyclic) bond motifs is 2. The van der Waals surface area contributed by atoms with Gasteiger partial charge in [0.25, 0.3) is 5.91 Å². The Morgan fingerprint density at radius 1 is 1.07 bits per heavy atom. The van der Waals surface area contributed by atoms with Crippen LogP contribution in [0.15, 0.2) is 54.7 Å². The van der Waals surface area contributed by atoms with E-state index in [1.807, 2.05) is 48.7 Å². The molecular formula is C22H22N2O3. The minimum absolute atomic E-state index is 0.162. The molecule has 0 fully saturated rings. The van der Waals surface area contributed by atoms with Gasteiger partial charge in [-0.05, 0) is 42.5 Å². The Balaban J connectivity index is 1.24. The largest absolute Gasteiger partial charge is 0.456 e. The first-order chi connectivity index (χ1) is 13.2. The predicted molar refractivity (Wildman–Crippen MR) is 105 cm³/mol. The normalized spacial score (nSPS) is 13.0. The topological polar surface area (TPSA) is 62.4 Å². The number of aromatic amines is 1. The number of nitrogens with one attached hydrogen (secondary N) is 1. The fourth-order valence-electron chi connectivity index (χ4n) is 3.65. The van der Waals surface area contributed by atoms with Crippen LogP contribution in [-0.2, 0) is 27.2 Å². The number of anilines is 1. The molecule has 1 N–H and O–H groups in total. The number of nitrogens with zero attached hydrogens (tertiary/aromatic N) is 1. The van der Waals surface area contributed by atoms with Crippen LogP contribution in [0.2, 0.25) is 0 Å². The van der Waals surface area contributed by atoms with E-state index in [1.54, 1.807) is 4.90 Å². The summed E-state index contributed by atoms with van der Waals surface area (Å²) >= 11 is 0. The number of aromatic nitrogens is 1. The summed E-state index contributed by atoms with van der Waals surface area (Å²) in [5, 5.41) is 1.19. The molecule has 2 heterocycles. The molecule has 0 radical (unpaired) electrons.